The van der Waals surface area contributed by atoms with Gasteiger partial charge in [0.25, 0.3) is 0 Å². The van der Waals surface area contributed by atoms with Crippen molar-refractivity contribution < 1.29 is 4.39 Å². The molecule has 0 amide bonds. The molecule has 1 saturated heterocycles. The quantitative estimate of drug-likeness (QED) is 0.718. The van der Waals surface area contributed by atoms with Crippen molar-refractivity contribution in [1.82, 2.24) is 4.90 Å². The van der Waals surface area contributed by atoms with Crippen LogP contribution in [0.4, 0.5) is 10.1 Å². The lowest BCUT2D eigenvalue weighted by Gasteiger charge is -2.42. The molecule has 1 aliphatic heterocycles. The van der Waals surface area contributed by atoms with E-state index in [4.69, 9.17) is 5.73 Å². The Labute approximate surface area is 166 Å². The first kappa shape index (κ1) is 18.7. The van der Waals surface area contributed by atoms with Crippen molar-refractivity contribution in [3.63, 3.8) is 0 Å². The number of piperazine rings is 1. The summed E-state index contributed by atoms with van der Waals surface area (Å²) in [5.74, 6) is -0.194. The van der Waals surface area contributed by atoms with E-state index in [0.717, 1.165) is 37.4 Å². The number of benzene rings is 3. The number of hydrogen-bond donors (Lipinski definition) is 1. The molecule has 28 heavy (non-hydrogen) atoms. The van der Waals surface area contributed by atoms with Crippen molar-refractivity contribution in [2.24, 2.45) is 5.73 Å². The maximum atomic E-state index is 13.2. The van der Waals surface area contributed by atoms with Crippen molar-refractivity contribution in [3.8, 4) is 0 Å². The van der Waals surface area contributed by atoms with Crippen LogP contribution in [-0.4, -0.2) is 31.1 Å². The van der Waals surface area contributed by atoms with Crippen LogP contribution >= 0.6 is 0 Å². The Balaban J connectivity index is 1.54. The van der Waals surface area contributed by atoms with Crippen LogP contribution < -0.4 is 10.6 Å². The summed E-state index contributed by atoms with van der Waals surface area (Å²) in [6.07, 6.45) is 0. The lowest BCUT2D eigenvalue weighted by atomic mass is 9.92. The molecule has 0 aromatic heterocycles. The van der Waals surface area contributed by atoms with Crippen LogP contribution in [0.25, 0.3) is 0 Å². The molecule has 0 aliphatic carbocycles. The molecule has 1 aliphatic rings. The average molecular weight is 375 g/mol. The van der Waals surface area contributed by atoms with Gasteiger partial charge in [0.1, 0.15) is 5.82 Å². The summed E-state index contributed by atoms with van der Waals surface area (Å²) in [5, 5.41) is 0. The molecule has 2 unspecified atom stereocenters. The Bertz CT molecular complexity index is 859. The van der Waals surface area contributed by atoms with E-state index >= 15 is 0 Å². The highest BCUT2D eigenvalue weighted by Crippen LogP contribution is 2.33. The molecule has 2 N–H and O–H groups in total. The van der Waals surface area contributed by atoms with Crippen LogP contribution in [0.15, 0.2) is 84.9 Å². The van der Waals surface area contributed by atoms with E-state index in [1.807, 2.05) is 36.4 Å². The zero-order chi connectivity index (χ0) is 19.3. The van der Waals surface area contributed by atoms with Gasteiger partial charge in [-0.3, -0.25) is 4.90 Å². The summed E-state index contributed by atoms with van der Waals surface area (Å²) in [6, 6.07) is 27.7. The average Bonchev–Trinajstić information content (AvgIpc) is 2.76. The summed E-state index contributed by atoms with van der Waals surface area (Å²) in [7, 11) is 0. The molecular weight excluding hydrogens is 349 g/mol. The molecule has 3 aromatic rings. The first-order valence-electron chi connectivity index (χ1n) is 9.82. The van der Waals surface area contributed by atoms with E-state index < -0.39 is 0 Å². The van der Waals surface area contributed by atoms with Crippen LogP contribution in [0.2, 0.25) is 0 Å². The fourth-order valence-electron chi connectivity index (χ4n) is 4.06. The summed E-state index contributed by atoms with van der Waals surface area (Å²) in [6.45, 7) is 3.63. The van der Waals surface area contributed by atoms with E-state index in [1.165, 1.54) is 17.7 Å². The van der Waals surface area contributed by atoms with Crippen molar-refractivity contribution in [2.75, 3.05) is 31.1 Å². The Morgan fingerprint density at radius 3 is 1.79 bits per heavy atom. The van der Waals surface area contributed by atoms with Gasteiger partial charge < -0.3 is 10.6 Å². The van der Waals surface area contributed by atoms with Gasteiger partial charge in [0.05, 0.1) is 6.04 Å². The van der Waals surface area contributed by atoms with Gasteiger partial charge in [-0.05, 0) is 35.4 Å². The molecular formula is C24H26FN3. The highest BCUT2D eigenvalue weighted by Gasteiger charge is 2.30. The van der Waals surface area contributed by atoms with Gasteiger partial charge in [0.2, 0.25) is 0 Å². The maximum absolute atomic E-state index is 13.2. The number of hydrogen-bond acceptors (Lipinski definition) is 3. The van der Waals surface area contributed by atoms with Gasteiger partial charge in [0, 0.05) is 37.9 Å². The molecule has 3 nitrogen and oxygen atoms in total. The Morgan fingerprint density at radius 2 is 1.21 bits per heavy atom. The number of nitrogens with zero attached hydrogens (tertiary/aromatic N) is 2. The predicted molar refractivity (Wildman–Crippen MR) is 113 cm³/mol. The smallest absolute Gasteiger partial charge is 0.123 e. The van der Waals surface area contributed by atoms with Gasteiger partial charge >= 0.3 is 0 Å². The standard InChI is InChI=1S/C24H26FN3/c25-21-11-13-22(14-12-21)27-15-17-28(18-16-27)24(20-9-5-2-6-10-20)23(26)19-7-3-1-4-8-19/h1-14,23-24H,15-18,26H2. The van der Waals surface area contributed by atoms with E-state index in [-0.39, 0.29) is 17.9 Å². The molecule has 0 spiro atoms. The summed E-state index contributed by atoms with van der Waals surface area (Å²) in [4.78, 5) is 4.79. The summed E-state index contributed by atoms with van der Waals surface area (Å²) < 4.78 is 13.2. The minimum atomic E-state index is -0.194. The van der Waals surface area contributed by atoms with E-state index in [1.54, 1.807) is 0 Å². The second kappa shape index (κ2) is 8.55. The normalized spacial score (nSPS) is 17.3. The summed E-state index contributed by atoms with van der Waals surface area (Å²) in [5.41, 5.74) is 10.2. The van der Waals surface area contributed by atoms with Crippen LogP contribution in [-0.2, 0) is 0 Å². The van der Waals surface area contributed by atoms with E-state index in [2.05, 4.69) is 46.2 Å². The van der Waals surface area contributed by atoms with Crippen molar-refractivity contribution >= 4 is 5.69 Å². The topological polar surface area (TPSA) is 32.5 Å². The number of anilines is 1. The number of nitrogens with two attached hydrogens (primary N) is 1. The summed E-state index contributed by atoms with van der Waals surface area (Å²) >= 11 is 0. The second-order valence-corrected chi connectivity index (χ2v) is 7.29. The van der Waals surface area contributed by atoms with Gasteiger partial charge in [-0.2, -0.15) is 0 Å². The lowest BCUT2D eigenvalue weighted by molar-refractivity contribution is 0.162. The zero-order valence-corrected chi connectivity index (χ0v) is 15.9. The Kier molecular flexibility index (Phi) is 5.70. The third-order valence-corrected chi connectivity index (χ3v) is 5.57. The second-order valence-electron chi connectivity index (χ2n) is 7.29. The van der Waals surface area contributed by atoms with Gasteiger partial charge in [-0.25, -0.2) is 4.39 Å². The molecule has 3 aromatic carbocycles. The third kappa shape index (κ3) is 4.08. The van der Waals surface area contributed by atoms with Crippen LogP contribution in [0, 0.1) is 5.82 Å². The lowest BCUT2D eigenvalue weighted by Crippen LogP contribution is -2.49. The predicted octanol–water partition coefficient (Wildman–Crippen LogP) is 4.39. The molecule has 2 atom stereocenters. The maximum Gasteiger partial charge on any atom is 0.123 e. The highest BCUT2D eigenvalue weighted by molar-refractivity contribution is 5.46. The molecule has 144 valence electrons. The molecule has 1 fully saturated rings. The first-order valence-corrected chi connectivity index (χ1v) is 9.82. The van der Waals surface area contributed by atoms with E-state index in [0.29, 0.717) is 0 Å². The van der Waals surface area contributed by atoms with Crippen molar-refractivity contribution in [1.29, 1.82) is 0 Å². The molecule has 0 saturated carbocycles. The fourth-order valence-corrected chi connectivity index (χ4v) is 4.06. The highest BCUT2D eigenvalue weighted by atomic mass is 19.1. The minimum Gasteiger partial charge on any atom is -0.369 e. The molecule has 0 bridgehead atoms. The van der Waals surface area contributed by atoms with Crippen LogP contribution in [0.5, 0.6) is 0 Å². The van der Waals surface area contributed by atoms with Crippen molar-refractivity contribution in [3.05, 3.63) is 102 Å². The number of rotatable bonds is 5. The van der Waals surface area contributed by atoms with Gasteiger partial charge in [0.15, 0.2) is 0 Å². The SMILES string of the molecule is NC(c1ccccc1)C(c1ccccc1)N1CCN(c2ccc(F)cc2)CC1. The Hall–Kier alpha value is -2.69. The van der Waals surface area contributed by atoms with Crippen molar-refractivity contribution in [2.45, 2.75) is 12.1 Å². The van der Waals surface area contributed by atoms with E-state index in [9.17, 15) is 4.39 Å². The van der Waals surface area contributed by atoms with Crippen LogP contribution in [0.1, 0.15) is 23.2 Å². The first-order chi connectivity index (χ1) is 13.7. The number of halogens is 1. The Morgan fingerprint density at radius 1 is 0.679 bits per heavy atom. The van der Waals surface area contributed by atoms with Gasteiger partial charge in [-0.1, -0.05) is 60.7 Å². The molecule has 4 heteroatoms. The molecule has 1 heterocycles. The fraction of sp³-hybridized carbons (Fsp3) is 0.250. The minimum absolute atomic E-state index is 0.0963. The van der Waals surface area contributed by atoms with Crippen LogP contribution in [0.3, 0.4) is 0 Å². The largest absolute Gasteiger partial charge is 0.369 e. The monoisotopic (exact) mass is 375 g/mol. The molecule has 4 rings (SSSR count). The molecule has 0 radical (unpaired) electrons. The third-order valence-electron chi connectivity index (χ3n) is 5.57. The zero-order valence-electron chi connectivity index (χ0n) is 15.9. The van der Waals surface area contributed by atoms with Gasteiger partial charge in [-0.15, -0.1) is 0 Å².